The molecule has 8 heteroatoms. The highest BCUT2D eigenvalue weighted by molar-refractivity contribution is 7.92. The van der Waals surface area contributed by atoms with Gasteiger partial charge in [0.05, 0.1) is 10.1 Å². The third kappa shape index (κ3) is 6.03. The molecule has 138 valence electrons. The molecule has 0 spiro atoms. The summed E-state index contributed by atoms with van der Waals surface area (Å²) in [6.45, 7) is 6.24. The molecule has 2 N–H and O–H groups in total. The lowest BCUT2D eigenvalue weighted by atomic mass is 9.93. The van der Waals surface area contributed by atoms with E-state index in [9.17, 15) is 17.6 Å². The minimum Gasteiger partial charge on any atom is -0.345 e. The van der Waals surface area contributed by atoms with Gasteiger partial charge in [-0.15, -0.1) is 12.4 Å². The number of nitrogens with two attached hydrogens (primary N) is 1. The Hall–Kier alpha value is -1.18. The molecular weight excluding hydrogens is 355 g/mol. The summed E-state index contributed by atoms with van der Waals surface area (Å²) < 4.78 is 37.8. The van der Waals surface area contributed by atoms with Gasteiger partial charge in [0.1, 0.15) is 5.82 Å². The van der Waals surface area contributed by atoms with Crippen molar-refractivity contribution < 1.29 is 17.6 Å². The maximum absolute atomic E-state index is 12.9. The zero-order chi connectivity index (χ0) is 17.8. The lowest BCUT2D eigenvalue weighted by Gasteiger charge is -2.29. The molecule has 0 aliphatic heterocycles. The fourth-order valence-corrected chi connectivity index (χ4v) is 3.50. The van der Waals surface area contributed by atoms with Crippen LogP contribution < -0.4 is 5.73 Å². The van der Waals surface area contributed by atoms with Crippen molar-refractivity contribution in [1.82, 2.24) is 4.90 Å². The molecule has 1 aromatic rings. The van der Waals surface area contributed by atoms with Crippen molar-refractivity contribution in [3.63, 3.8) is 0 Å². The first-order chi connectivity index (χ1) is 10.5. The van der Waals surface area contributed by atoms with E-state index < -0.39 is 20.9 Å². The molecule has 1 amide bonds. The molecule has 24 heavy (non-hydrogen) atoms. The first kappa shape index (κ1) is 22.8. The predicted octanol–water partition coefficient (Wildman–Crippen LogP) is 2.24. The summed E-state index contributed by atoms with van der Waals surface area (Å²) in [5.74, 6) is -0.763. The number of hydrogen-bond donors (Lipinski definition) is 1. The van der Waals surface area contributed by atoms with Crippen LogP contribution >= 0.6 is 12.4 Å². The van der Waals surface area contributed by atoms with E-state index in [2.05, 4.69) is 0 Å². The van der Waals surface area contributed by atoms with E-state index in [1.807, 2.05) is 13.8 Å². The third-order valence-electron chi connectivity index (χ3n) is 3.78. The van der Waals surface area contributed by atoms with Crippen LogP contribution in [-0.4, -0.2) is 44.6 Å². The second-order valence-corrected chi connectivity index (χ2v) is 9.00. The van der Waals surface area contributed by atoms with Gasteiger partial charge in [-0.2, -0.15) is 0 Å². The molecular formula is C16H26ClFN2O3S. The van der Waals surface area contributed by atoms with Gasteiger partial charge in [0, 0.05) is 20.0 Å². The number of halogens is 2. The van der Waals surface area contributed by atoms with Crippen LogP contribution in [0.25, 0.3) is 0 Å². The molecule has 0 bridgehead atoms. The van der Waals surface area contributed by atoms with E-state index in [4.69, 9.17) is 5.73 Å². The van der Waals surface area contributed by atoms with Crippen molar-refractivity contribution >= 4 is 28.2 Å². The van der Waals surface area contributed by atoms with Crippen LogP contribution in [0.4, 0.5) is 4.39 Å². The monoisotopic (exact) mass is 380 g/mol. The highest BCUT2D eigenvalue weighted by Crippen LogP contribution is 2.20. The van der Waals surface area contributed by atoms with E-state index in [0.717, 1.165) is 12.1 Å². The van der Waals surface area contributed by atoms with Crippen LogP contribution in [-0.2, 0) is 14.6 Å². The summed E-state index contributed by atoms with van der Waals surface area (Å²) in [7, 11) is -2.04. The molecule has 0 fully saturated rings. The Morgan fingerprint density at radius 2 is 1.79 bits per heavy atom. The molecule has 0 heterocycles. The Bertz CT molecular complexity index is 648. The molecule has 1 unspecified atom stereocenters. The molecule has 0 aliphatic rings. The fraction of sp³-hybridized carbons (Fsp3) is 0.562. The van der Waals surface area contributed by atoms with Gasteiger partial charge < -0.3 is 10.6 Å². The van der Waals surface area contributed by atoms with Gasteiger partial charge in [-0.3, -0.25) is 4.79 Å². The average Bonchev–Trinajstić information content (AvgIpc) is 2.47. The van der Waals surface area contributed by atoms with Crippen LogP contribution in [0.2, 0.25) is 0 Å². The smallest absolute Gasteiger partial charge is 0.223 e. The van der Waals surface area contributed by atoms with Crippen molar-refractivity contribution in [2.45, 2.75) is 37.3 Å². The summed E-state index contributed by atoms with van der Waals surface area (Å²) in [5.41, 5.74) is 5.42. The van der Waals surface area contributed by atoms with Crippen LogP contribution in [0.5, 0.6) is 0 Å². The highest BCUT2D eigenvalue weighted by Gasteiger charge is 2.28. The second-order valence-electron chi connectivity index (χ2n) is 6.63. The molecule has 0 saturated carbocycles. The molecule has 5 nitrogen and oxygen atoms in total. The van der Waals surface area contributed by atoms with Gasteiger partial charge in [-0.05, 0) is 43.1 Å². The molecule has 0 aliphatic carbocycles. The van der Waals surface area contributed by atoms with Crippen LogP contribution in [0, 0.1) is 11.2 Å². The average molecular weight is 381 g/mol. The zero-order valence-electron chi connectivity index (χ0n) is 14.5. The number of amides is 1. The standard InChI is InChI=1S/C16H25FN2O3S.ClH/c1-12(9-15(20)19(4)11-16(2,3)10-18)23(21,22)14-7-5-13(17)6-8-14;/h5-8,12H,9-11,18H2,1-4H3;1H. The summed E-state index contributed by atoms with van der Waals surface area (Å²) in [5, 5.41) is -0.885. The van der Waals surface area contributed by atoms with Gasteiger partial charge >= 0.3 is 0 Å². The third-order valence-corrected chi connectivity index (χ3v) is 5.93. The summed E-state index contributed by atoms with van der Waals surface area (Å²) >= 11 is 0. The fourth-order valence-electron chi connectivity index (χ4n) is 2.16. The first-order valence-corrected chi connectivity index (χ1v) is 8.98. The summed E-state index contributed by atoms with van der Waals surface area (Å²) in [6, 6.07) is 4.62. The lowest BCUT2D eigenvalue weighted by molar-refractivity contribution is -0.131. The highest BCUT2D eigenvalue weighted by atomic mass is 35.5. The van der Waals surface area contributed by atoms with E-state index in [-0.39, 0.29) is 35.0 Å². The van der Waals surface area contributed by atoms with Crippen molar-refractivity contribution in [3.8, 4) is 0 Å². The molecule has 1 atom stereocenters. The largest absolute Gasteiger partial charge is 0.345 e. The van der Waals surface area contributed by atoms with Gasteiger partial charge in [0.15, 0.2) is 9.84 Å². The molecule has 1 rings (SSSR count). The summed E-state index contributed by atoms with van der Waals surface area (Å²) in [4.78, 5) is 13.8. The maximum atomic E-state index is 12.9. The van der Waals surface area contributed by atoms with Gasteiger partial charge in [0.25, 0.3) is 0 Å². The summed E-state index contributed by atoms with van der Waals surface area (Å²) in [6.07, 6.45) is -0.128. The molecule has 0 aromatic heterocycles. The Balaban J connectivity index is 0.00000529. The SMILES string of the molecule is CC(CC(=O)N(C)CC(C)(C)CN)S(=O)(=O)c1ccc(F)cc1.Cl. The Morgan fingerprint density at radius 3 is 2.25 bits per heavy atom. The minimum absolute atomic E-state index is 0. The van der Waals surface area contributed by atoms with Crippen molar-refractivity contribution in [3.05, 3.63) is 30.1 Å². The van der Waals surface area contributed by atoms with Gasteiger partial charge in [0.2, 0.25) is 5.91 Å². The van der Waals surface area contributed by atoms with Crippen LogP contribution in [0.1, 0.15) is 27.2 Å². The number of rotatable bonds is 7. The normalized spacial score (nSPS) is 13.1. The lowest BCUT2D eigenvalue weighted by Crippen LogP contribution is -2.41. The molecule has 0 radical (unpaired) electrons. The van der Waals surface area contributed by atoms with E-state index >= 15 is 0 Å². The van der Waals surface area contributed by atoms with Gasteiger partial charge in [-0.25, -0.2) is 12.8 Å². The maximum Gasteiger partial charge on any atom is 0.223 e. The predicted molar refractivity (Wildman–Crippen MR) is 95.4 cm³/mol. The van der Waals surface area contributed by atoms with Crippen molar-refractivity contribution in [1.29, 1.82) is 0 Å². The van der Waals surface area contributed by atoms with Crippen molar-refractivity contribution in [2.75, 3.05) is 20.1 Å². The second kappa shape index (κ2) is 8.78. The zero-order valence-corrected chi connectivity index (χ0v) is 16.1. The quantitative estimate of drug-likeness (QED) is 0.735. The Labute approximate surface area is 149 Å². The first-order valence-electron chi connectivity index (χ1n) is 7.43. The number of carbonyl (C=O) groups is 1. The van der Waals surface area contributed by atoms with E-state index in [0.29, 0.717) is 13.1 Å². The van der Waals surface area contributed by atoms with E-state index in [1.54, 1.807) is 7.05 Å². The topological polar surface area (TPSA) is 80.5 Å². The van der Waals surface area contributed by atoms with Crippen molar-refractivity contribution in [2.24, 2.45) is 11.1 Å². The number of benzene rings is 1. The van der Waals surface area contributed by atoms with Crippen LogP contribution in [0.15, 0.2) is 29.2 Å². The Kier molecular flexibility index (Phi) is 8.35. The molecule has 1 aromatic carbocycles. The number of carbonyl (C=O) groups excluding carboxylic acids is 1. The van der Waals surface area contributed by atoms with Crippen LogP contribution in [0.3, 0.4) is 0 Å². The minimum atomic E-state index is -3.67. The number of hydrogen-bond acceptors (Lipinski definition) is 4. The van der Waals surface area contributed by atoms with Gasteiger partial charge in [-0.1, -0.05) is 13.8 Å². The van der Waals surface area contributed by atoms with E-state index in [1.165, 1.54) is 24.0 Å². The number of sulfone groups is 1. The molecule has 0 saturated heterocycles. The number of nitrogens with zero attached hydrogens (tertiary/aromatic N) is 1. The Morgan fingerprint density at radius 1 is 1.29 bits per heavy atom.